The molecule has 198 valence electrons. The fourth-order valence-electron chi connectivity index (χ4n) is 4.10. The molecule has 38 heavy (non-hydrogen) atoms. The van der Waals surface area contributed by atoms with Crippen molar-refractivity contribution in [3.05, 3.63) is 125 Å². The number of benzene rings is 4. The first-order valence-electron chi connectivity index (χ1n) is 12.2. The molecular formula is C31H30ClF2NO3. The van der Waals surface area contributed by atoms with Crippen LogP contribution in [0.2, 0.25) is 0 Å². The molecule has 4 nitrogen and oxygen atoms in total. The van der Waals surface area contributed by atoms with Crippen LogP contribution in [-0.2, 0) is 6.42 Å². The first kappa shape index (κ1) is 28.8. The minimum atomic E-state index is -0.895. The van der Waals surface area contributed by atoms with Crippen molar-refractivity contribution in [3.8, 4) is 5.75 Å². The van der Waals surface area contributed by atoms with Crippen LogP contribution in [0.3, 0.4) is 0 Å². The highest BCUT2D eigenvalue weighted by atomic mass is 35.5. The molecule has 4 rings (SSSR count). The molecule has 0 spiro atoms. The van der Waals surface area contributed by atoms with E-state index in [2.05, 4.69) is 0 Å². The van der Waals surface area contributed by atoms with Gasteiger partial charge in [-0.25, -0.2) is 8.78 Å². The van der Waals surface area contributed by atoms with Crippen molar-refractivity contribution in [3.63, 3.8) is 0 Å². The van der Waals surface area contributed by atoms with E-state index >= 15 is 0 Å². The second-order valence-electron chi connectivity index (χ2n) is 8.94. The predicted molar refractivity (Wildman–Crippen MR) is 149 cm³/mol. The van der Waals surface area contributed by atoms with E-state index in [0.717, 1.165) is 28.6 Å². The normalized spacial score (nSPS) is 11.4. The second kappa shape index (κ2) is 13.7. The van der Waals surface area contributed by atoms with Crippen LogP contribution in [-0.4, -0.2) is 30.1 Å². The maximum Gasteiger partial charge on any atom is 0.167 e. The number of ketones is 1. The SMILES string of the molecule is Cc1cccc(N(CC(O)COc2ccc(F)cc2C(=O)CCc2ccc(F)cc2)c2ccccc2)c1.Cl. The molecule has 0 heterocycles. The summed E-state index contributed by atoms with van der Waals surface area (Å²) in [5, 5.41) is 10.9. The average molecular weight is 538 g/mol. The lowest BCUT2D eigenvalue weighted by molar-refractivity contribution is 0.0960. The fraction of sp³-hybridized carbons (Fsp3) is 0.194. The molecule has 0 saturated carbocycles. The number of halogens is 3. The lowest BCUT2D eigenvalue weighted by Crippen LogP contribution is -2.33. The third-order valence-corrected chi connectivity index (χ3v) is 6.00. The average Bonchev–Trinajstić information content (AvgIpc) is 2.91. The number of aryl methyl sites for hydroxylation is 2. The zero-order valence-corrected chi connectivity index (χ0v) is 21.8. The van der Waals surface area contributed by atoms with Crippen LogP contribution in [0.5, 0.6) is 5.75 Å². The molecule has 4 aromatic carbocycles. The largest absolute Gasteiger partial charge is 0.490 e. The molecule has 0 radical (unpaired) electrons. The number of anilines is 2. The standard InChI is InChI=1S/C31H29F2NO3.ClH/c1-22-6-5-9-27(18-22)34(26-7-3-2-4-8-26)20-28(35)21-37-31-17-15-25(33)19-29(31)30(36)16-12-23-10-13-24(32)14-11-23;/h2-11,13-15,17-19,28,35H,12,16,20-21H2,1H3;1H. The van der Waals surface area contributed by atoms with Crippen LogP contribution >= 0.6 is 12.4 Å². The minimum absolute atomic E-state index is 0. The summed E-state index contributed by atoms with van der Waals surface area (Å²) in [4.78, 5) is 14.9. The van der Waals surface area contributed by atoms with Crippen LogP contribution in [0, 0.1) is 18.6 Å². The van der Waals surface area contributed by atoms with Crippen molar-refractivity contribution in [2.45, 2.75) is 25.9 Å². The summed E-state index contributed by atoms with van der Waals surface area (Å²) in [6.07, 6.45) is -0.392. The molecular weight excluding hydrogens is 508 g/mol. The van der Waals surface area contributed by atoms with Crippen molar-refractivity contribution in [2.75, 3.05) is 18.1 Å². The zero-order valence-electron chi connectivity index (χ0n) is 21.0. The number of aliphatic hydroxyl groups is 1. The third kappa shape index (κ3) is 7.88. The van der Waals surface area contributed by atoms with Crippen LogP contribution < -0.4 is 9.64 Å². The molecule has 1 atom stereocenters. The van der Waals surface area contributed by atoms with Crippen LogP contribution in [0.25, 0.3) is 0 Å². The van der Waals surface area contributed by atoms with E-state index in [1.807, 2.05) is 66.4 Å². The number of carbonyl (C=O) groups excluding carboxylic acids is 1. The minimum Gasteiger partial charge on any atom is -0.490 e. The number of ether oxygens (including phenoxy) is 1. The zero-order chi connectivity index (χ0) is 26.2. The Labute approximate surface area is 227 Å². The molecule has 0 aliphatic rings. The summed E-state index contributed by atoms with van der Waals surface area (Å²) in [5.74, 6) is -0.972. The molecule has 0 aliphatic heterocycles. The lowest BCUT2D eigenvalue weighted by Gasteiger charge is -2.28. The number of para-hydroxylation sites is 1. The Morgan fingerprint density at radius 1 is 0.868 bits per heavy atom. The predicted octanol–water partition coefficient (Wildman–Crippen LogP) is 7.09. The Kier molecular flexibility index (Phi) is 10.4. The lowest BCUT2D eigenvalue weighted by atomic mass is 10.0. The molecule has 4 aromatic rings. The molecule has 7 heteroatoms. The number of carbonyl (C=O) groups is 1. The Balaban J connectivity index is 0.00000400. The number of rotatable bonds is 11. The maximum absolute atomic E-state index is 14.0. The first-order chi connectivity index (χ1) is 17.9. The smallest absolute Gasteiger partial charge is 0.167 e. The number of hydrogen-bond donors (Lipinski definition) is 1. The Hall–Kier alpha value is -3.74. The summed E-state index contributed by atoms with van der Waals surface area (Å²) in [5.41, 5.74) is 3.88. The van der Waals surface area contributed by atoms with E-state index in [1.165, 1.54) is 24.3 Å². The quantitative estimate of drug-likeness (QED) is 0.208. The van der Waals surface area contributed by atoms with Gasteiger partial charge in [0.25, 0.3) is 0 Å². The number of aliphatic hydroxyl groups excluding tert-OH is 1. The van der Waals surface area contributed by atoms with Gasteiger partial charge in [0.1, 0.15) is 30.1 Å². The van der Waals surface area contributed by atoms with E-state index < -0.39 is 11.9 Å². The van der Waals surface area contributed by atoms with Gasteiger partial charge in [0.05, 0.1) is 12.1 Å². The van der Waals surface area contributed by atoms with Gasteiger partial charge in [-0.1, -0.05) is 42.5 Å². The Bertz CT molecular complexity index is 1330. The molecule has 0 fully saturated rings. The maximum atomic E-state index is 14.0. The molecule has 0 aromatic heterocycles. The van der Waals surface area contributed by atoms with Gasteiger partial charge in [0.2, 0.25) is 0 Å². The van der Waals surface area contributed by atoms with Crippen LogP contribution in [0.1, 0.15) is 27.9 Å². The number of hydrogen-bond acceptors (Lipinski definition) is 4. The van der Waals surface area contributed by atoms with Gasteiger partial charge >= 0.3 is 0 Å². The summed E-state index contributed by atoms with van der Waals surface area (Å²) in [6.45, 7) is 2.18. The molecule has 0 bridgehead atoms. The summed E-state index contributed by atoms with van der Waals surface area (Å²) in [7, 11) is 0. The number of Topliss-reactive ketones (excluding diaryl/α,β-unsaturated/α-hetero) is 1. The van der Waals surface area contributed by atoms with E-state index in [9.17, 15) is 18.7 Å². The monoisotopic (exact) mass is 537 g/mol. The third-order valence-electron chi connectivity index (χ3n) is 6.00. The van der Waals surface area contributed by atoms with Crippen molar-refractivity contribution in [2.24, 2.45) is 0 Å². The highest BCUT2D eigenvalue weighted by molar-refractivity contribution is 5.98. The molecule has 0 saturated heterocycles. The topological polar surface area (TPSA) is 49.8 Å². The van der Waals surface area contributed by atoms with Gasteiger partial charge < -0.3 is 14.7 Å². The molecule has 0 aliphatic carbocycles. The van der Waals surface area contributed by atoms with E-state index in [-0.39, 0.29) is 54.9 Å². The van der Waals surface area contributed by atoms with Gasteiger partial charge in [-0.05, 0) is 79.1 Å². The highest BCUT2D eigenvalue weighted by Gasteiger charge is 2.18. The van der Waals surface area contributed by atoms with Crippen molar-refractivity contribution >= 4 is 29.6 Å². The summed E-state index contributed by atoms with van der Waals surface area (Å²) < 4.78 is 33.0. The summed E-state index contributed by atoms with van der Waals surface area (Å²) >= 11 is 0. The number of nitrogens with zero attached hydrogens (tertiary/aromatic N) is 1. The van der Waals surface area contributed by atoms with Crippen molar-refractivity contribution in [1.82, 2.24) is 0 Å². The fourth-order valence-corrected chi connectivity index (χ4v) is 4.10. The van der Waals surface area contributed by atoms with Gasteiger partial charge in [0, 0.05) is 17.8 Å². The Morgan fingerprint density at radius 2 is 1.55 bits per heavy atom. The molecule has 1 N–H and O–H groups in total. The van der Waals surface area contributed by atoms with Crippen molar-refractivity contribution < 1.29 is 23.4 Å². The van der Waals surface area contributed by atoms with Gasteiger partial charge in [-0.3, -0.25) is 4.79 Å². The molecule has 0 amide bonds. The van der Waals surface area contributed by atoms with E-state index in [1.54, 1.807) is 12.1 Å². The Morgan fingerprint density at radius 3 is 2.26 bits per heavy atom. The second-order valence-corrected chi connectivity index (χ2v) is 8.94. The first-order valence-corrected chi connectivity index (χ1v) is 12.2. The van der Waals surface area contributed by atoms with Crippen LogP contribution in [0.15, 0.2) is 97.1 Å². The van der Waals surface area contributed by atoms with Gasteiger partial charge in [-0.15, -0.1) is 12.4 Å². The summed E-state index contributed by atoms with van der Waals surface area (Å²) in [6, 6.07) is 27.4. The van der Waals surface area contributed by atoms with E-state index in [0.29, 0.717) is 6.42 Å². The highest BCUT2D eigenvalue weighted by Crippen LogP contribution is 2.27. The van der Waals surface area contributed by atoms with Gasteiger partial charge in [-0.2, -0.15) is 0 Å². The van der Waals surface area contributed by atoms with Gasteiger partial charge in [0.15, 0.2) is 5.78 Å². The molecule has 1 unspecified atom stereocenters. The van der Waals surface area contributed by atoms with Crippen molar-refractivity contribution in [1.29, 1.82) is 0 Å². The van der Waals surface area contributed by atoms with Crippen LogP contribution in [0.4, 0.5) is 20.2 Å². The van der Waals surface area contributed by atoms with E-state index in [4.69, 9.17) is 4.74 Å².